The minimum Gasteiger partial charge on any atom is -0.280 e. The summed E-state index contributed by atoms with van der Waals surface area (Å²) in [5, 5.41) is 0.485. The molecular weight excluding hydrogens is 404 g/mol. The van der Waals surface area contributed by atoms with Crippen LogP contribution in [0.5, 0.6) is 0 Å². The van der Waals surface area contributed by atoms with Crippen molar-refractivity contribution in [2.45, 2.75) is 4.90 Å². The molecule has 4 nitrogen and oxygen atoms in total. The van der Waals surface area contributed by atoms with Crippen molar-refractivity contribution >= 4 is 27.3 Å². The summed E-state index contributed by atoms with van der Waals surface area (Å²) in [6.07, 6.45) is 3.58. The van der Waals surface area contributed by atoms with Gasteiger partial charge >= 0.3 is 0 Å². The Labute approximate surface area is 174 Å². The monoisotopic (exact) mass is 420 g/mol. The first-order chi connectivity index (χ1) is 14.0. The summed E-state index contributed by atoms with van der Waals surface area (Å²) in [5.74, 6) is 0. The van der Waals surface area contributed by atoms with Crippen molar-refractivity contribution in [3.63, 3.8) is 0 Å². The van der Waals surface area contributed by atoms with Crippen LogP contribution in [0, 0.1) is 0 Å². The predicted molar refractivity (Wildman–Crippen MR) is 117 cm³/mol. The van der Waals surface area contributed by atoms with Crippen molar-refractivity contribution in [2.75, 3.05) is 4.72 Å². The third kappa shape index (κ3) is 4.31. The Kier molecular flexibility index (Phi) is 5.34. The van der Waals surface area contributed by atoms with Gasteiger partial charge in [-0.3, -0.25) is 9.71 Å². The molecule has 0 aliphatic rings. The highest BCUT2D eigenvalue weighted by Gasteiger charge is 2.14. The lowest BCUT2D eigenvalue weighted by Gasteiger charge is -2.11. The lowest BCUT2D eigenvalue weighted by Crippen LogP contribution is -2.12. The molecule has 0 amide bonds. The minimum atomic E-state index is -3.68. The lowest BCUT2D eigenvalue weighted by atomic mass is 9.96. The molecule has 1 aromatic heterocycles. The number of aromatic nitrogens is 1. The van der Waals surface area contributed by atoms with Crippen LogP contribution >= 0.6 is 11.6 Å². The summed E-state index contributed by atoms with van der Waals surface area (Å²) in [7, 11) is -3.68. The fraction of sp³-hybridized carbons (Fsp3) is 0. The van der Waals surface area contributed by atoms with Gasteiger partial charge in [0.1, 0.15) is 0 Å². The highest BCUT2D eigenvalue weighted by molar-refractivity contribution is 7.92. The SMILES string of the molecule is O=S(=O)(Nc1ccc(-c2cnccc2-c2ccccc2)cc1)c1ccc(Cl)cc1. The smallest absolute Gasteiger partial charge is 0.261 e. The van der Waals surface area contributed by atoms with E-state index in [2.05, 4.69) is 9.71 Å². The molecule has 29 heavy (non-hydrogen) atoms. The first kappa shape index (κ1) is 19.2. The Balaban J connectivity index is 1.62. The number of nitrogens with one attached hydrogen (secondary N) is 1. The fourth-order valence-corrected chi connectivity index (χ4v) is 4.22. The number of hydrogen-bond acceptors (Lipinski definition) is 3. The zero-order chi connectivity index (χ0) is 20.3. The summed E-state index contributed by atoms with van der Waals surface area (Å²) >= 11 is 5.83. The molecule has 1 N–H and O–H groups in total. The van der Waals surface area contributed by atoms with Crippen LogP contribution in [-0.2, 0) is 10.0 Å². The molecule has 0 atom stereocenters. The largest absolute Gasteiger partial charge is 0.280 e. The first-order valence-corrected chi connectivity index (χ1v) is 10.8. The van der Waals surface area contributed by atoms with Gasteiger partial charge in [0, 0.05) is 28.7 Å². The van der Waals surface area contributed by atoms with E-state index in [1.54, 1.807) is 30.5 Å². The number of benzene rings is 3. The van der Waals surface area contributed by atoms with E-state index >= 15 is 0 Å². The second-order valence-electron chi connectivity index (χ2n) is 6.42. The molecule has 6 heteroatoms. The molecule has 0 fully saturated rings. The molecule has 0 aliphatic carbocycles. The van der Waals surface area contributed by atoms with Crippen LogP contribution in [0.1, 0.15) is 0 Å². The first-order valence-electron chi connectivity index (χ1n) is 8.91. The van der Waals surface area contributed by atoms with E-state index in [0.717, 1.165) is 22.3 Å². The zero-order valence-electron chi connectivity index (χ0n) is 15.3. The highest BCUT2D eigenvalue weighted by Crippen LogP contribution is 2.32. The van der Waals surface area contributed by atoms with Gasteiger partial charge in [0.2, 0.25) is 0 Å². The van der Waals surface area contributed by atoms with E-state index in [0.29, 0.717) is 10.7 Å². The van der Waals surface area contributed by atoms with Crippen molar-refractivity contribution < 1.29 is 8.42 Å². The molecule has 144 valence electrons. The third-order valence-corrected chi connectivity index (χ3v) is 6.13. The lowest BCUT2D eigenvalue weighted by molar-refractivity contribution is 0.601. The number of pyridine rings is 1. The molecule has 0 saturated heterocycles. The standard InChI is InChI=1S/C23H17ClN2O2S/c24-19-8-12-21(13-9-19)29(27,28)26-20-10-6-18(7-11-20)23-16-25-15-14-22(23)17-4-2-1-3-5-17/h1-16,26H. The molecule has 0 unspecified atom stereocenters. The number of sulfonamides is 1. The molecule has 0 bridgehead atoms. The van der Waals surface area contributed by atoms with Crippen molar-refractivity contribution in [1.82, 2.24) is 4.98 Å². The maximum atomic E-state index is 12.5. The number of hydrogen-bond donors (Lipinski definition) is 1. The summed E-state index contributed by atoms with van der Waals surface area (Å²) in [5.41, 5.74) is 4.57. The van der Waals surface area contributed by atoms with Crippen molar-refractivity contribution in [1.29, 1.82) is 0 Å². The quantitative estimate of drug-likeness (QED) is 0.439. The van der Waals surface area contributed by atoms with Crippen LogP contribution in [-0.4, -0.2) is 13.4 Å². The minimum absolute atomic E-state index is 0.157. The summed E-state index contributed by atoms with van der Waals surface area (Å²) in [6, 6.07) is 25.3. The molecule has 0 aliphatic heterocycles. The Bertz CT molecular complexity index is 1220. The van der Waals surface area contributed by atoms with E-state index in [9.17, 15) is 8.42 Å². The number of anilines is 1. The zero-order valence-corrected chi connectivity index (χ0v) is 16.9. The third-order valence-electron chi connectivity index (χ3n) is 4.48. The van der Waals surface area contributed by atoms with Gasteiger partial charge in [-0.15, -0.1) is 0 Å². The normalized spacial score (nSPS) is 11.2. The van der Waals surface area contributed by atoms with Crippen LogP contribution in [0.25, 0.3) is 22.3 Å². The van der Waals surface area contributed by atoms with Gasteiger partial charge in [-0.05, 0) is 59.2 Å². The van der Waals surface area contributed by atoms with Gasteiger partial charge in [-0.1, -0.05) is 54.1 Å². The Morgan fingerprint density at radius 1 is 0.724 bits per heavy atom. The average molecular weight is 421 g/mol. The molecule has 0 radical (unpaired) electrons. The maximum absolute atomic E-state index is 12.5. The van der Waals surface area contributed by atoms with Crippen LogP contribution in [0.4, 0.5) is 5.69 Å². The summed E-state index contributed by atoms with van der Waals surface area (Å²) < 4.78 is 27.7. The van der Waals surface area contributed by atoms with Crippen molar-refractivity contribution in [3.8, 4) is 22.3 Å². The van der Waals surface area contributed by atoms with Gasteiger partial charge in [-0.2, -0.15) is 0 Å². The van der Waals surface area contributed by atoms with Gasteiger partial charge in [-0.25, -0.2) is 8.42 Å². The second kappa shape index (κ2) is 8.07. The summed E-state index contributed by atoms with van der Waals surface area (Å²) in [6.45, 7) is 0. The van der Waals surface area contributed by atoms with E-state index in [1.807, 2.05) is 54.7 Å². The molecule has 0 spiro atoms. The Morgan fingerprint density at radius 2 is 1.38 bits per heavy atom. The number of rotatable bonds is 5. The van der Waals surface area contributed by atoms with Crippen LogP contribution in [0.3, 0.4) is 0 Å². The van der Waals surface area contributed by atoms with Crippen molar-refractivity contribution in [3.05, 3.63) is 102 Å². The highest BCUT2D eigenvalue weighted by atomic mass is 35.5. The fourth-order valence-electron chi connectivity index (χ4n) is 3.04. The van der Waals surface area contributed by atoms with Crippen LogP contribution < -0.4 is 4.72 Å². The second-order valence-corrected chi connectivity index (χ2v) is 8.54. The molecular formula is C23H17ClN2O2S. The number of halogens is 1. The van der Waals surface area contributed by atoms with E-state index in [1.165, 1.54) is 12.1 Å². The molecule has 1 heterocycles. The van der Waals surface area contributed by atoms with Crippen molar-refractivity contribution in [2.24, 2.45) is 0 Å². The van der Waals surface area contributed by atoms with E-state index in [-0.39, 0.29) is 4.90 Å². The molecule has 4 aromatic rings. The summed E-state index contributed by atoms with van der Waals surface area (Å²) in [4.78, 5) is 4.41. The predicted octanol–water partition coefficient (Wildman–Crippen LogP) is 5.87. The maximum Gasteiger partial charge on any atom is 0.261 e. The number of nitrogens with zero attached hydrogens (tertiary/aromatic N) is 1. The van der Waals surface area contributed by atoms with Gasteiger partial charge < -0.3 is 0 Å². The van der Waals surface area contributed by atoms with E-state index in [4.69, 9.17) is 11.6 Å². The molecule has 3 aromatic carbocycles. The Hall–Kier alpha value is -3.15. The van der Waals surface area contributed by atoms with Crippen LogP contribution in [0.15, 0.2) is 102 Å². The van der Waals surface area contributed by atoms with Gasteiger partial charge in [0.15, 0.2) is 0 Å². The average Bonchev–Trinajstić information content (AvgIpc) is 2.75. The van der Waals surface area contributed by atoms with E-state index < -0.39 is 10.0 Å². The van der Waals surface area contributed by atoms with Crippen LogP contribution in [0.2, 0.25) is 5.02 Å². The van der Waals surface area contributed by atoms with Gasteiger partial charge in [0.25, 0.3) is 10.0 Å². The van der Waals surface area contributed by atoms with Gasteiger partial charge in [0.05, 0.1) is 4.90 Å². The molecule has 0 saturated carbocycles. The topological polar surface area (TPSA) is 59.1 Å². The Morgan fingerprint density at radius 3 is 2.07 bits per heavy atom. The molecule has 4 rings (SSSR count).